The first kappa shape index (κ1) is 19.6. The predicted molar refractivity (Wildman–Crippen MR) is 116 cm³/mol. The van der Waals surface area contributed by atoms with E-state index in [0.717, 1.165) is 8.09 Å². The number of benzene rings is 1. The van der Waals surface area contributed by atoms with Gasteiger partial charge in [-0.25, -0.2) is 9.97 Å². The highest BCUT2D eigenvalue weighted by Crippen LogP contribution is 2.36. The SMILES string of the molecule is Cn1cc(-c2ccc3nnc(C(F)(F)c4cccc(-c5ncc(I)cn5)c4)n3n2)cn1. The number of aryl methyl sites for hydroxylation is 1. The summed E-state index contributed by atoms with van der Waals surface area (Å²) in [5.41, 5.74) is 1.63. The molecular weight excluding hydrogens is 517 g/mol. The number of aromatic nitrogens is 8. The lowest BCUT2D eigenvalue weighted by Gasteiger charge is -2.15. The number of nitrogens with zero attached hydrogens (tertiary/aromatic N) is 8. The van der Waals surface area contributed by atoms with E-state index in [0.29, 0.717) is 22.6 Å². The Kier molecular flexibility index (Phi) is 4.68. The molecule has 0 spiro atoms. The molecule has 0 saturated carbocycles. The van der Waals surface area contributed by atoms with Gasteiger partial charge in [-0.2, -0.15) is 23.5 Å². The van der Waals surface area contributed by atoms with Gasteiger partial charge in [0.15, 0.2) is 11.5 Å². The van der Waals surface area contributed by atoms with Crippen LogP contribution in [0, 0.1) is 3.57 Å². The van der Waals surface area contributed by atoms with Gasteiger partial charge in [-0.05, 0) is 40.8 Å². The summed E-state index contributed by atoms with van der Waals surface area (Å²) in [7, 11) is 1.77. The summed E-state index contributed by atoms with van der Waals surface area (Å²) in [5, 5.41) is 16.0. The first-order valence-electron chi connectivity index (χ1n) is 9.10. The molecule has 0 aliphatic heterocycles. The second-order valence-electron chi connectivity index (χ2n) is 6.79. The van der Waals surface area contributed by atoms with E-state index in [-0.39, 0.29) is 11.2 Å². The Hall–Kier alpha value is -3.35. The fourth-order valence-corrected chi connectivity index (χ4v) is 3.41. The Morgan fingerprint density at radius 2 is 1.77 bits per heavy atom. The lowest BCUT2D eigenvalue weighted by atomic mass is 10.0. The molecule has 5 rings (SSSR count). The van der Waals surface area contributed by atoms with Gasteiger partial charge in [-0.1, -0.05) is 18.2 Å². The van der Waals surface area contributed by atoms with Crippen molar-refractivity contribution in [1.29, 1.82) is 0 Å². The second kappa shape index (κ2) is 7.41. The smallest absolute Gasteiger partial charge is 0.275 e. The maximum absolute atomic E-state index is 15.5. The zero-order valence-electron chi connectivity index (χ0n) is 16.0. The molecule has 0 bridgehead atoms. The summed E-state index contributed by atoms with van der Waals surface area (Å²) < 4.78 is 34.6. The second-order valence-corrected chi connectivity index (χ2v) is 8.04. The quantitative estimate of drug-likeness (QED) is 0.330. The van der Waals surface area contributed by atoms with Crippen molar-refractivity contribution in [3.63, 3.8) is 0 Å². The van der Waals surface area contributed by atoms with E-state index in [1.165, 1.54) is 18.2 Å². The standard InChI is InChI=1S/C20H13F2IN8/c1-30-11-13(8-26-30)16-5-6-17-27-28-19(31(17)29-16)20(21,22)14-4-2-3-12(7-14)18-24-9-15(23)10-25-18/h2-11H,1H3. The van der Waals surface area contributed by atoms with E-state index < -0.39 is 11.7 Å². The minimum Gasteiger partial charge on any atom is -0.275 e. The third-order valence-corrected chi connectivity index (χ3v) is 5.21. The number of alkyl halides is 2. The molecule has 154 valence electrons. The highest BCUT2D eigenvalue weighted by Gasteiger charge is 2.40. The van der Waals surface area contributed by atoms with Gasteiger partial charge in [0.05, 0.1) is 11.9 Å². The Morgan fingerprint density at radius 3 is 2.52 bits per heavy atom. The van der Waals surface area contributed by atoms with Gasteiger partial charge in [0.2, 0.25) is 5.82 Å². The lowest BCUT2D eigenvalue weighted by Crippen LogP contribution is -2.20. The highest BCUT2D eigenvalue weighted by atomic mass is 127. The van der Waals surface area contributed by atoms with E-state index in [1.807, 2.05) is 0 Å². The first-order chi connectivity index (χ1) is 14.9. The Morgan fingerprint density at radius 1 is 0.968 bits per heavy atom. The summed E-state index contributed by atoms with van der Waals surface area (Å²) >= 11 is 2.08. The van der Waals surface area contributed by atoms with E-state index in [1.54, 1.807) is 54.7 Å². The van der Waals surface area contributed by atoms with Crippen LogP contribution in [0.2, 0.25) is 0 Å². The molecule has 1 aromatic carbocycles. The van der Waals surface area contributed by atoms with Crippen molar-refractivity contribution in [2.75, 3.05) is 0 Å². The van der Waals surface area contributed by atoms with E-state index >= 15 is 8.78 Å². The van der Waals surface area contributed by atoms with Crippen LogP contribution >= 0.6 is 22.6 Å². The third kappa shape index (κ3) is 3.54. The summed E-state index contributed by atoms with van der Waals surface area (Å²) in [6.45, 7) is 0. The van der Waals surface area contributed by atoms with Crippen molar-refractivity contribution < 1.29 is 8.78 Å². The molecule has 8 nitrogen and oxygen atoms in total. The normalized spacial score (nSPS) is 11.9. The zero-order valence-corrected chi connectivity index (χ0v) is 18.1. The van der Waals surface area contributed by atoms with Gasteiger partial charge in [-0.15, -0.1) is 10.2 Å². The van der Waals surface area contributed by atoms with Crippen molar-refractivity contribution in [3.8, 4) is 22.6 Å². The first-order valence-corrected chi connectivity index (χ1v) is 10.2. The fraction of sp³-hybridized carbons (Fsp3) is 0.100. The molecule has 0 radical (unpaired) electrons. The summed E-state index contributed by atoms with van der Waals surface area (Å²) in [4.78, 5) is 8.43. The molecule has 0 saturated heterocycles. The number of rotatable bonds is 4. The molecule has 31 heavy (non-hydrogen) atoms. The highest BCUT2D eigenvalue weighted by molar-refractivity contribution is 14.1. The Balaban J connectivity index is 1.59. The summed E-state index contributed by atoms with van der Waals surface area (Å²) in [6.07, 6.45) is 6.62. The van der Waals surface area contributed by atoms with Crippen molar-refractivity contribution in [1.82, 2.24) is 39.6 Å². The number of hydrogen-bond donors (Lipinski definition) is 0. The maximum atomic E-state index is 15.5. The van der Waals surface area contributed by atoms with Crippen LogP contribution in [0.3, 0.4) is 0 Å². The van der Waals surface area contributed by atoms with Gasteiger partial charge < -0.3 is 0 Å². The molecule has 0 unspecified atom stereocenters. The van der Waals surface area contributed by atoms with Crippen LogP contribution in [0.15, 0.2) is 61.2 Å². The predicted octanol–water partition coefficient (Wildman–Crippen LogP) is 3.73. The number of fused-ring (bicyclic) bond motifs is 1. The summed E-state index contributed by atoms with van der Waals surface area (Å²) in [5.74, 6) is -3.66. The van der Waals surface area contributed by atoms with Crippen molar-refractivity contribution in [2.24, 2.45) is 7.05 Å². The van der Waals surface area contributed by atoms with Gasteiger partial charge >= 0.3 is 5.92 Å². The molecule has 0 atom stereocenters. The molecule has 0 amide bonds. The minimum atomic E-state index is -3.45. The largest absolute Gasteiger partial charge is 0.333 e. The molecule has 11 heteroatoms. The molecule has 0 N–H and O–H groups in total. The van der Waals surface area contributed by atoms with Gasteiger partial charge in [0.1, 0.15) is 0 Å². The average molecular weight is 530 g/mol. The Bertz CT molecular complexity index is 1390. The molecular formula is C20H13F2IN8. The van der Waals surface area contributed by atoms with Crippen molar-refractivity contribution >= 4 is 28.2 Å². The van der Waals surface area contributed by atoms with Crippen molar-refractivity contribution in [2.45, 2.75) is 5.92 Å². The van der Waals surface area contributed by atoms with Crippen LogP contribution in [0.1, 0.15) is 11.4 Å². The molecule has 0 fully saturated rings. The van der Waals surface area contributed by atoms with Crippen molar-refractivity contribution in [3.05, 3.63) is 76.1 Å². The monoisotopic (exact) mass is 530 g/mol. The van der Waals surface area contributed by atoms with Crippen LogP contribution in [-0.2, 0) is 13.0 Å². The molecule has 4 aromatic heterocycles. The van der Waals surface area contributed by atoms with E-state index in [2.05, 4.69) is 53.0 Å². The molecule has 0 aliphatic carbocycles. The number of halogens is 3. The maximum Gasteiger partial charge on any atom is 0.333 e. The number of hydrogen-bond acceptors (Lipinski definition) is 6. The van der Waals surface area contributed by atoms with Gasteiger partial charge in [0, 0.05) is 45.9 Å². The zero-order chi connectivity index (χ0) is 21.6. The van der Waals surface area contributed by atoms with Crippen LogP contribution in [0.5, 0.6) is 0 Å². The third-order valence-electron chi connectivity index (χ3n) is 4.65. The van der Waals surface area contributed by atoms with Crippen LogP contribution in [0.25, 0.3) is 28.3 Å². The van der Waals surface area contributed by atoms with E-state index in [4.69, 9.17) is 0 Å². The molecule has 5 aromatic rings. The van der Waals surface area contributed by atoms with Crippen LogP contribution in [-0.4, -0.2) is 39.6 Å². The van der Waals surface area contributed by atoms with Gasteiger partial charge in [-0.3, -0.25) is 4.68 Å². The van der Waals surface area contributed by atoms with Crippen LogP contribution < -0.4 is 0 Å². The Labute approximate surface area is 188 Å². The van der Waals surface area contributed by atoms with E-state index in [9.17, 15) is 0 Å². The lowest BCUT2D eigenvalue weighted by molar-refractivity contribution is 0.0307. The molecule has 0 aliphatic rings. The minimum absolute atomic E-state index is 0.222. The molecule has 4 heterocycles. The van der Waals surface area contributed by atoms with Gasteiger partial charge in [0.25, 0.3) is 0 Å². The topological polar surface area (TPSA) is 86.7 Å². The average Bonchev–Trinajstić information content (AvgIpc) is 3.40. The summed E-state index contributed by atoms with van der Waals surface area (Å²) in [6, 6.07) is 9.20. The van der Waals surface area contributed by atoms with Crippen LogP contribution in [0.4, 0.5) is 8.78 Å². The fourth-order valence-electron chi connectivity index (χ4n) is 3.14.